The third-order valence-corrected chi connectivity index (χ3v) is 3.09. The molecule has 0 saturated carbocycles. The van der Waals surface area contributed by atoms with Gasteiger partial charge in [-0.2, -0.15) is 0 Å². The summed E-state index contributed by atoms with van der Waals surface area (Å²) >= 11 is 0. The van der Waals surface area contributed by atoms with Crippen molar-refractivity contribution in [3.8, 4) is 0 Å². The van der Waals surface area contributed by atoms with Gasteiger partial charge >= 0.3 is 0 Å². The van der Waals surface area contributed by atoms with Crippen LogP contribution in [0.2, 0.25) is 0 Å². The van der Waals surface area contributed by atoms with Crippen LogP contribution in [0.5, 0.6) is 0 Å². The fraction of sp³-hybridized carbons (Fsp3) is 0.467. The minimum atomic E-state index is 0.770. The van der Waals surface area contributed by atoms with Gasteiger partial charge in [-0.15, -0.1) is 0 Å². The fourth-order valence-electron chi connectivity index (χ4n) is 1.87. The average molecular weight is 217 g/mol. The summed E-state index contributed by atoms with van der Waals surface area (Å²) in [5, 5.41) is 3.15. The predicted molar refractivity (Wildman–Crippen MR) is 71.5 cm³/mol. The van der Waals surface area contributed by atoms with Crippen LogP contribution in [0, 0.1) is 12.8 Å². The summed E-state index contributed by atoms with van der Waals surface area (Å²) in [7, 11) is 0. The molecule has 0 aliphatic rings. The Balaban J connectivity index is 2.28. The van der Waals surface area contributed by atoms with Crippen LogP contribution in [0.4, 0.5) is 0 Å². The smallest absolute Gasteiger partial charge is 0.0143 e. The Bertz CT molecular complexity index is 317. The molecule has 0 heterocycles. The van der Waals surface area contributed by atoms with E-state index in [4.69, 9.17) is 0 Å². The third-order valence-electron chi connectivity index (χ3n) is 3.09. The second kappa shape index (κ2) is 7.10. The average Bonchev–Trinajstić information content (AvgIpc) is 2.28. The molecule has 0 radical (unpaired) electrons. The number of nitrogens with one attached hydrogen (secondary N) is 1. The molecular formula is C15H23N. The molecule has 1 aromatic carbocycles. The Kier molecular flexibility index (Phi) is 5.69. The molecule has 88 valence electrons. The second-order valence-corrected chi connectivity index (χ2v) is 4.52. The van der Waals surface area contributed by atoms with Crippen molar-refractivity contribution in [3.63, 3.8) is 0 Å². The van der Waals surface area contributed by atoms with Crippen LogP contribution in [-0.4, -0.2) is 6.54 Å². The van der Waals surface area contributed by atoms with Gasteiger partial charge in [0.2, 0.25) is 0 Å². The molecule has 0 aliphatic heterocycles. The molecule has 0 aromatic heterocycles. The Morgan fingerprint density at radius 3 is 2.75 bits per heavy atom. The van der Waals surface area contributed by atoms with E-state index >= 15 is 0 Å². The first-order chi connectivity index (χ1) is 7.74. The molecule has 1 heteroatoms. The monoisotopic (exact) mass is 217 g/mol. The second-order valence-electron chi connectivity index (χ2n) is 4.52. The summed E-state index contributed by atoms with van der Waals surface area (Å²) in [4.78, 5) is 0. The summed E-state index contributed by atoms with van der Waals surface area (Å²) in [6, 6.07) is 8.67. The minimum Gasteiger partial charge on any atom is -0.391 e. The van der Waals surface area contributed by atoms with Gasteiger partial charge in [-0.1, -0.05) is 37.8 Å². The van der Waals surface area contributed by atoms with Crippen LogP contribution < -0.4 is 5.32 Å². The van der Waals surface area contributed by atoms with Crippen LogP contribution in [0.3, 0.4) is 0 Å². The topological polar surface area (TPSA) is 12.0 Å². The van der Waals surface area contributed by atoms with E-state index in [1.165, 1.54) is 30.4 Å². The molecule has 1 nitrogen and oxygen atoms in total. The number of hydrogen-bond acceptors (Lipinski definition) is 1. The molecule has 0 aliphatic carbocycles. The summed E-state index contributed by atoms with van der Waals surface area (Å²) in [6.07, 6.45) is 5.46. The van der Waals surface area contributed by atoms with Crippen molar-refractivity contribution in [2.75, 3.05) is 6.54 Å². The largest absolute Gasteiger partial charge is 0.391 e. The van der Waals surface area contributed by atoms with Gasteiger partial charge in [0.25, 0.3) is 0 Å². The van der Waals surface area contributed by atoms with Gasteiger partial charge < -0.3 is 5.32 Å². The van der Waals surface area contributed by atoms with Crippen LogP contribution in [0.1, 0.15) is 30.9 Å². The Morgan fingerprint density at radius 2 is 2.06 bits per heavy atom. The zero-order chi connectivity index (χ0) is 11.8. The zero-order valence-electron chi connectivity index (χ0n) is 10.5. The summed E-state index contributed by atoms with van der Waals surface area (Å²) in [5.41, 5.74) is 2.91. The fourth-order valence-corrected chi connectivity index (χ4v) is 1.87. The molecule has 0 saturated heterocycles. The first-order valence-electron chi connectivity index (χ1n) is 6.13. The van der Waals surface area contributed by atoms with Crippen molar-refractivity contribution in [2.45, 2.75) is 33.1 Å². The number of hydrogen-bond donors (Lipinski definition) is 1. The van der Waals surface area contributed by atoms with Gasteiger partial charge in [0.15, 0.2) is 0 Å². The Labute approximate surface area is 99.6 Å². The predicted octanol–water partition coefficient (Wildman–Crippen LogP) is 3.69. The molecule has 1 unspecified atom stereocenters. The van der Waals surface area contributed by atoms with Crippen molar-refractivity contribution in [2.24, 2.45) is 5.92 Å². The molecule has 0 bridgehead atoms. The van der Waals surface area contributed by atoms with Crippen molar-refractivity contribution >= 4 is 0 Å². The lowest BCUT2D eigenvalue weighted by molar-refractivity contribution is 0.486. The van der Waals surface area contributed by atoms with Crippen molar-refractivity contribution < 1.29 is 0 Å². The van der Waals surface area contributed by atoms with Crippen molar-refractivity contribution in [1.29, 1.82) is 0 Å². The van der Waals surface area contributed by atoms with Crippen LogP contribution in [0.15, 0.2) is 37.0 Å². The lowest BCUT2D eigenvalue weighted by atomic mass is 9.96. The Morgan fingerprint density at radius 1 is 1.31 bits per heavy atom. The molecule has 1 aromatic rings. The number of benzene rings is 1. The first kappa shape index (κ1) is 12.8. The zero-order valence-corrected chi connectivity index (χ0v) is 10.5. The van der Waals surface area contributed by atoms with E-state index in [1.807, 2.05) is 0 Å². The number of aryl methyl sites for hydroxylation is 2. The quantitative estimate of drug-likeness (QED) is 0.687. The third kappa shape index (κ3) is 4.52. The summed E-state index contributed by atoms with van der Waals surface area (Å²) in [6.45, 7) is 9.21. The van der Waals surface area contributed by atoms with Crippen molar-refractivity contribution in [1.82, 2.24) is 5.32 Å². The summed E-state index contributed by atoms with van der Waals surface area (Å²) in [5.74, 6) is 0.770. The van der Waals surface area contributed by atoms with Crippen LogP contribution in [0.25, 0.3) is 0 Å². The SMILES string of the molecule is C=CNCCC(C)CCc1ccccc1C. The molecule has 1 atom stereocenters. The number of rotatable bonds is 7. The van der Waals surface area contributed by atoms with E-state index in [-0.39, 0.29) is 0 Å². The highest BCUT2D eigenvalue weighted by atomic mass is 14.8. The molecule has 0 fully saturated rings. The maximum atomic E-state index is 3.65. The first-order valence-corrected chi connectivity index (χ1v) is 6.13. The Hall–Kier alpha value is -1.24. The molecular weight excluding hydrogens is 194 g/mol. The van der Waals surface area contributed by atoms with Gasteiger partial charge in [-0.25, -0.2) is 0 Å². The highest BCUT2D eigenvalue weighted by Gasteiger charge is 2.03. The lowest BCUT2D eigenvalue weighted by Crippen LogP contribution is -2.11. The van der Waals surface area contributed by atoms with E-state index in [9.17, 15) is 0 Å². The van der Waals surface area contributed by atoms with Gasteiger partial charge in [-0.05, 0) is 49.4 Å². The van der Waals surface area contributed by atoms with E-state index in [0.717, 1.165) is 12.5 Å². The molecule has 0 amide bonds. The normalized spacial score (nSPS) is 12.1. The summed E-state index contributed by atoms with van der Waals surface area (Å²) < 4.78 is 0. The molecule has 0 spiro atoms. The van der Waals surface area contributed by atoms with Gasteiger partial charge in [-0.3, -0.25) is 0 Å². The molecule has 1 N–H and O–H groups in total. The van der Waals surface area contributed by atoms with E-state index in [0.29, 0.717) is 0 Å². The minimum absolute atomic E-state index is 0.770. The lowest BCUT2D eigenvalue weighted by Gasteiger charge is -2.12. The molecule has 16 heavy (non-hydrogen) atoms. The van der Waals surface area contributed by atoms with E-state index in [1.54, 1.807) is 6.20 Å². The van der Waals surface area contributed by atoms with Gasteiger partial charge in [0.05, 0.1) is 0 Å². The van der Waals surface area contributed by atoms with E-state index in [2.05, 4.69) is 50.0 Å². The van der Waals surface area contributed by atoms with E-state index < -0.39 is 0 Å². The van der Waals surface area contributed by atoms with Crippen LogP contribution in [-0.2, 0) is 6.42 Å². The maximum absolute atomic E-state index is 3.65. The maximum Gasteiger partial charge on any atom is 0.0143 e. The van der Waals surface area contributed by atoms with Crippen LogP contribution >= 0.6 is 0 Å². The highest BCUT2D eigenvalue weighted by molar-refractivity contribution is 5.25. The standard InChI is InChI=1S/C15H23N/c1-4-16-12-11-13(2)9-10-15-8-6-5-7-14(15)3/h4-8,13,16H,1,9-12H2,2-3H3. The molecule has 1 rings (SSSR count). The highest BCUT2D eigenvalue weighted by Crippen LogP contribution is 2.15. The van der Waals surface area contributed by atoms with Gasteiger partial charge in [0, 0.05) is 6.54 Å². The van der Waals surface area contributed by atoms with Crippen molar-refractivity contribution in [3.05, 3.63) is 48.2 Å². The van der Waals surface area contributed by atoms with Gasteiger partial charge in [0.1, 0.15) is 0 Å².